The monoisotopic (exact) mass is 399 g/mol. The van der Waals surface area contributed by atoms with Crippen LogP contribution in [0.2, 0.25) is 0 Å². The number of carbonyl (C=O) groups is 1. The number of ether oxygens (including phenoxy) is 2. The first kappa shape index (κ1) is 23.1. The number of rotatable bonds is 8. The van der Waals surface area contributed by atoms with E-state index >= 15 is 0 Å². The molecule has 0 radical (unpaired) electrons. The zero-order chi connectivity index (χ0) is 20.8. The highest BCUT2D eigenvalue weighted by Crippen LogP contribution is 2.26. The fourth-order valence-electron chi connectivity index (χ4n) is 2.04. The number of hydrogen-bond acceptors (Lipinski definition) is 4. The van der Waals surface area contributed by atoms with Crippen molar-refractivity contribution in [2.45, 2.75) is 52.3 Å². The average molecular weight is 399 g/mol. The van der Waals surface area contributed by atoms with Crippen molar-refractivity contribution in [3.8, 4) is 5.75 Å². The summed E-state index contributed by atoms with van der Waals surface area (Å²) in [6.07, 6.45) is -6.32. The Labute approximate surface area is 153 Å². The second-order valence-corrected chi connectivity index (χ2v) is 6.91. The fraction of sp³-hybridized carbons (Fsp3) is 0.588. The Morgan fingerprint density at radius 2 is 1.85 bits per heavy atom. The fourth-order valence-corrected chi connectivity index (χ4v) is 2.04. The molecule has 2 N–H and O–H groups in total. The van der Waals surface area contributed by atoms with Crippen LogP contribution in [0.5, 0.6) is 5.75 Å². The van der Waals surface area contributed by atoms with E-state index in [4.69, 9.17) is 0 Å². The van der Waals surface area contributed by atoms with Gasteiger partial charge in [-0.2, -0.15) is 8.78 Å². The van der Waals surface area contributed by atoms with Gasteiger partial charge in [-0.15, -0.1) is 13.2 Å². The molecule has 0 aliphatic rings. The van der Waals surface area contributed by atoms with Crippen molar-refractivity contribution < 1.29 is 41.3 Å². The standard InChI is InChI=1S/C17H22F5NO4/c1-16(2,3)13(24)8-14(25)23-12(9-26-17(20,21)22)10-5-4-6-11(7-10)27-15(18)19/h4-7,12-13,15,24H,8-9H2,1-3H3,(H,23,25). The van der Waals surface area contributed by atoms with Crippen molar-refractivity contribution in [3.63, 3.8) is 0 Å². The molecule has 2 atom stereocenters. The number of carbonyl (C=O) groups excluding carboxylic acids is 1. The summed E-state index contributed by atoms with van der Waals surface area (Å²) in [4.78, 5) is 12.1. The predicted octanol–water partition coefficient (Wildman–Crippen LogP) is 3.78. The Bertz CT molecular complexity index is 616. The molecule has 0 saturated carbocycles. The lowest BCUT2D eigenvalue weighted by atomic mass is 9.87. The Hall–Kier alpha value is -1.94. The van der Waals surface area contributed by atoms with Crippen molar-refractivity contribution in [2.24, 2.45) is 5.41 Å². The molecule has 1 aromatic rings. The van der Waals surface area contributed by atoms with Gasteiger partial charge in [-0.25, -0.2) is 0 Å². The second kappa shape index (κ2) is 9.32. The van der Waals surface area contributed by atoms with Crippen LogP contribution in [-0.2, 0) is 9.53 Å². The second-order valence-electron chi connectivity index (χ2n) is 6.91. The summed E-state index contributed by atoms with van der Waals surface area (Å²) in [7, 11) is 0. The molecule has 1 rings (SSSR count). The summed E-state index contributed by atoms with van der Waals surface area (Å²) in [6.45, 7) is 1.00. The van der Waals surface area contributed by atoms with Crippen LogP contribution in [0.4, 0.5) is 22.0 Å². The average Bonchev–Trinajstić information content (AvgIpc) is 2.49. The van der Waals surface area contributed by atoms with E-state index in [9.17, 15) is 31.9 Å². The van der Waals surface area contributed by atoms with Crippen molar-refractivity contribution in [1.29, 1.82) is 0 Å². The number of hydrogen-bond donors (Lipinski definition) is 2. The minimum absolute atomic E-state index is 0.0796. The molecule has 1 amide bonds. The molecule has 5 nitrogen and oxygen atoms in total. The predicted molar refractivity (Wildman–Crippen MR) is 86.0 cm³/mol. The lowest BCUT2D eigenvalue weighted by Gasteiger charge is -2.26. The van der Waals surface area contributed by atoms with E-state index in [1.165, 1.54) is 18.2 Å². The van der Waals surface area contributed by atoms with Crippen molar-refractivity contribution in [3.05, 3.63) is 29.8 Å². The van der Waals surface area contributed by atoms with Gasteiger partial charge in [0.15, 0.2) is 0 Å². The maximum Gasteiger partial charge on any atom is 0.522 e. The zero-order valence-corrected chi connectivity index (χ0v) is 15.0. The molecule has 0 heterocycles. The Morgan fingerprint density at radius 3 is 2.37 bits per heavy atom. The van der Waals surface area contributed by atoms with Crippen LogP contribution in [0.1, 0.15) is 38.8 Å². The minimum Gasteiger partial charge on any atom is -0.435 e. The molecule has 0 aliphatic carbocycles. The molecule has 0 aromatic heterocycles. The lowest BCUT2D eigenvalue weighted by molar-refractivity contribution is -0.326. The smallest absolute Gasteiger partial charge is 0.435 e. The molecule has 0 aliphatic heterocycles. The number of halogens is 5. The summed E-state index contributed by atoms with van der Waals surface area (Å²) < 4.78 is 69.8. The first-order valence-electron chi connectivity index (χ1n) is 8.01. The van der Waals surface area contributed by atoms with Gasteiger partial charge >= 0.3 is 13.0 Å². The highest BCUT2D eigenvalue weighted by atomic mass is 19.4. The largest absolute Gasteiger partial charge is 0.522 e. The molecular weight excluding hydrogens is 377 g/mol. The Morgan fingerprint density at radius 1 is 1.22 bits per heavy atom. The lowest BCUT2D eigenvalue weighted by Crippen LogP contribution is -2.38. The first-order valence-corrected chi connectivity index (χ1v) is 8.01. The van der Waals surface area contributed by atoms with Gasteiger partial charge in [-0.3, -0.25) is 9.53 Å². The molecular formula is C17H22F5NO4. The third kappa shape index (κ3) is 9.00. The van der Waals surface area contributed by atoms with Gasteiger partial charge < -0.3 is 15.2 Å². The van der Waals surface area contributed by atoms with Crippen LogP contribution in [0, 0.1) is 5.41 Å². The van der Waals surface area contributed by atoms with Crippen molar-refractivity contribution in [1.82, 2.24) is 5.32 Å². The van der Waals surface area contributed by atoms with Gasteiger partial charge in [-0.05, 0) is 23.1 Å². The maximum absolute atomic E-state index is 12.4. The number of alkyl halides is 5. The first-order chi connectivity index (χ1) is 12.3. The quantitative estimate of drug-likeness (QED) is 0.653. The van der Waals surface area contributed by atoms with Crippen molar-refractivity contribution in [2.75, 3.05) is 6.61 Å². The number of aliphatic hydroxyl groups is 1. The summed E-state index contributed by atoms with van der Waals surface area (Å²) in [6, 6.07) is 3.62. The highest BCUT2D eigenvalue weighted by Gasteiger charge is 2.32. The Kier molecular flexibility index (Phi) is 7.97. The molecule has 0 bridgehead atoms. The minimum atomic E-state index is -4.94. The molecule has 0 saturated heterocycles. The highest BCUT2D eigenvalue weighted by molar-refractivity contribution is 5.77. The van der Waals surface area contributed by atoms with E-state index in [0.29, 0.717) is 0 Å². The van der Waals surface area contributed by atoms with Gasteiger partial charge in [-0.1, -0.05) is 32.9 Å². The van der Waals surface area contributed by atoms with E-state index in [1.54, 1.807) is 20.8 Å². The van der Waals surface area contributed by atoms with Gasteiger partial charge in [0.05, 0.1) is 25.2 Å². The van der Waals surface area contributed by atoms with E-state index in [-0.39, 0.29) is 17.7 Å². The summed E-state index contributed by atoms with van der Waals surface area (Å²) in [5, 5.41) is 12.3. The Balaban J connectivity index is 2.95. The van der Waals surface area contributed by atoms with E-state index in [2.05, 4.69) is 14.8 Å². The summed E-state index contributed by atoms with van der Waals surface area (Å²) in [5.41, 5.74) is -0.531. The SMILES string of the molecule is CC(C)(C)C(O)CC(=O)NC(COC(F)(F)F)c1cccc(OC(F)F)c1. The molecule has 0 fully saturated rings. The molecule has 10 heteroatoms. The van der Waals surface area contributed by atoms with Crippen LogP contribution in [-0.4, -0.2) is 36.7 Å². The van der Waals surface area contributed by atoms with E-state index in [0.717, 1.165) is 6.07 Å². The number of nitrogens with one attached hydrogen (secondary N) is 1. The molecule has 154 valence electrons. The van der Waals surface area contributed by atoms with Gasteiger partial charge in [0.25, 0.3) is 0 Å². The molecule has 2 unspecified atom stereocenters. The topological polar surface area (TPSA) is 67.8 Å². The zero-order valence-electron chi connectivity index (χ0n) is 15.0. The molecule has 27 heavy (non-hydrogen) atoms. The number of benzene rings is 1. The molecule has 1 aromatic carbocycles. The van der Waals surface area contributed by atoms with Crippen molar-refractivity contribution >= 4 is 5.91 Å². The van der Waals surface area contributed by atoms with E-state index < -0.39 is 43.0 Å². The molecule has 0 spiro atoms. The van der Waals surface area contributed by atoms with Gasteiger partial charge in [0.2, 0.25) is 5.91 Å². The number of amides is 1. The maximum atomic E-state index is 12.4. The van der Waals surface area contributed by atoms with Crippen LogP contribution in [0.15, 0.2) is 24.3 Å². The van der Waals surface area contributed by atoms with Crippen LogP contribution in [0.25, 0.3) is 0 Å². The van der Waals surface area contributed by atoms with Crippen LogP contribution in [0.3, 0.4) is 0 Å². The van der Waals surface area contributed by atoms with Crippen LogP contribution >= 0.6 is 0 Å². The number of aliphatic hydroxyl groups excluding tert-OH is 1. The van der Waals surface area contributed by atoms with Crippen LogP contribution < -0.4 is 10.1 Å². The third-order valence-corrected chi connectivity index (χ3v) is 3.61. The summed E-state index contributed by atoms with van der Waals surface area (Å²) in [5.74, 6) is -0.989. The van der Waals surface area contributed by atoms with Gasteiger partial charge in [0.1, 0.15) is 5.75 Å². The summed E-state index contributed by atoms with van der Waals surface area (Å²) >= 11 is 0. The van der Waals surface area contributed by atoms with Gasteiger partial charge in [0, 0.05) is 0 Å². The normalized spacial score (nSPS) is 14.7. The third-order valence-electron chi connectivity index (χ3n) is 3.61. The van der Waals surface area contributed by atoms with E-state index in [1.807, 2.05) is 0 Å².